The number of hydrogen-bond donors (Lipinski definition) is 1. The van der Waals surface area contributed by atoms with Gasteiger partial charge in [0, 0.05) is 38.8 Å². The molecule has 2 aliphatic rings. The Morgan fingerprint density at radius 2 is 1.85 bits per heavy atom. The normalized spacial score (nSPS) is 18.7. The molecule has 8 nitrogen and oxygen atoms in total. The number of benzene rings is 1. The van der Waals surface area contributed by atoms with Crippen molar-refractivity contribution in [3.8, 4) is 0 Å². The highest BCUT2D eigenvalue weighted by Gasteiger charge is 2.32. The lowest BCUT2D eigenvalue weighted by atomic mass is 9.95. The third kappa shape index (κ3) is 6.02. The Labute approximate surface area is 233 Å². The van der Waals surface area contributed by atoms with Crippen molar-refractivity contribution >= 4 is 28.8 Å². The quantitative estimate of drug-likeness (QED) is 0.364. The Bertz CT molecular complexity index is 1310. The van der Waals surface area contributed by atoms with E-state index >= 15 is 0 Å². The zero-order valence-electron chi connectivity index (χ0n) is 23.3. The average molecular weight is 558 g/mol. The molecule has 1 atom stereocenters. The van der Waals surface area contributed by atoms with Gasteiger partial charge in [-0.05, 0) is 57.2 Å². The summed E-state index contributed by atoms with van der Waals surface area (Å²) in [6.07, 6.45) is 4.75. The molecule has 3 aromatic rings. The molecule has 1 amide bonds. The number of hydrogen-bond acceptors (Lipinski definition) is 6. The zero-order chi connectivity index (χ0) is 28.3. The summed E-state index contributed by atoms with van der Waals surface area (Å²) in [5, 5.41) is 3.25. The summed E-state index contributed by atoms with van der Waals surface area (Å²) < 4.78 is 42.0. The smallest absolute Gasteiger partial charge is 0.364 e. The molecule has 5 rings (SSSR count). The zero-order valence-corrected chi connectivity index (χ0v) is 23.3. The summed E-state index contributed by atoms with van der Waals surface area (Å²) in [7, 11) is 0. The second-order valence-electron chi connectivity index (χ2n) is 10.8. The molecular weight excluding hydrogens is 519 g/mol. The summed E-state index contributed by atoms with van der Waals surface area (Å²) in [6.45, 7) is 6.77. The SMILES string of the molecule is CCN(CC)C(=O)C1CCCN(c2nc(NCc3cccc(C(F)(F)F)c3)c3ncn(C4CCCCC4)c3n2)C1. The summed E-state index contributed by atoms with van der Waals surface area (Å²) in [5.41, 5.74) is 1.14. The van der Waals surface area contributed by atoms with Crippen LogP contribution in [-0.2, 0) is 17.5 Å². The van der Waals surface area contributed by atoms with E-state index in [1.54, 1.807) is 6.07 Å². The molecule has 11 heteroatoms. The maximum atomic E-state index is 13.3. The molecular formula is C29H38F3N7O. The highest BCUT2D eigenvalue weighted by molar-refractivity contribution is 5.85. The molecule has 1 N–H and O–H groups in total. The second kappa shape index (κ2) is 12.0. The first-order chi connectivity index (χ1) is 19.3. The molecule has 1 saturated carbocycles. The van der Waals surface area contributed by atoms with Crippen LogP contribution in [0.15, 0.2) is 30.6 Å². The number of rotatable bonds is 8. The van der Waals surface area contributed by atoms with Crippen molar-refractivity contribution in [2.45, 2.75) is 77.6 Å². The third-order valence-electron chi connectivity index (χ3n) is 8.22. The summed E-state index contributed by atoms with van der Waals surface area (Å²) in [6, 6.07) is 5.61. The number of nitrogens with one attached hydrogen (secondary N) is 1. The maximum Gasteiger partial charge on any atom is 0.416 e. The minimum absolute atomic E-state index is 0.127. The lowest BCUT2D eigenvalue weighted by Crippen LogP contribution is -2.45. The van der Waals surface area contributed by atoms with E-state index in [0.29, 0.717) is 48.5 Å². The highest BCUT2D eigenvalue weighted by Crippen LogP contribution is 2.34. The molecule has 0 bridgehead atoms. The number of alkyl halides is 3. The lowest BCUT2D eigenvalue weighted by Gasteiger charge is -2.34. The van der Waals surface area contributed by atoms with Crippen molar-refractivity contribution in [1.29, 1.82) is 0 Å². The number of nitrogens with zero attached hydrogens (tertiary/aromatic N) is 6. The van der Waals surface area contributed by atoms with E-state index < -0.39 is 11.7 Å². The minimum atomic E-state index is -4.41. The predicted molar refractivity (Wildman–Crippen MR) is 149 cm³/mol. The van der Waals surface area contributed by atoms with Crippen LogP contribution in [0.25, 0.3) is 11.2 Å². The van der Waals surface area contributed by atoms with Gasteiger partial charge < -0.3 is 19.7 Å². The Hall–Kier alpha value is -3.37. The van der Waals surface area contributed by atoms with Crippen LogP contribution in [0, 0.1) is 5.92 Å². The monoisotopic (exact) mass is 557 g/mol. The Kier molecular flexibility index (Phi) is 8.46. The molecule has 0 radical (unpaired) electrons. The largest absolute Gasteiger partial charge is 0.416 e. The fourth-order valence-electron chi connectivity index (χ4n) is 5.99. The first-order valence-electron chi connectivity index (χ1n) is 14.5. The summed E-state index contributed by atoms with van der Waals surface area (Å²) in [5.74, 6) is 1.04. The number of piperidine rings is 1. The van der Waals surface area contributed by atoms with Crippen molar-refractivity contribution in [3.63, 3.8) is 0 Å². The number of anilines is 2. The van der Waals surface area contributed by atoms with E-state index in [2.05, 4.69) is 19.8 Å². The molecule has 2 fully saturated rings. The lowest BCUT2D eigenvalue weighted by molar-refractivity contribution is -0.137. The standard InChI is InChI=1S/C29H38F3N7O/c1-3-37(4-2)27(40)21-11-9-15-38(18-21)28-35-25(33-17-20-10-8-12-22(16-20)29(30,31)32)24-26(36-28)39(19-34-24)23-13-6-5-7-14-23/h8,10,12,16,19,21,23H,3-7,9,11,13-15,17-18H2,1-2H3,(H,33,35,36). The summed E-state index contributed by atoms with van der Waals surface area (Å²) >= 11 is 0. The molecule has 3 heterocycles. The third-order valence-corrected chi connectivity index (χ3v) is 8.22. The van der Waals surface area contributed by atoms with Crippen molar-refractivity contribution < 1.29 is 18.0 Å². The Morgan fingerprint density at radius 1 is 1.07 bits per heavy atom. The van der Waals surface area contributed by atoms with Gasteiger partial charge in [-0.25, -0.2) is 4.98 Å². The van der Waals surface area contributed by atoms with Crippen LogP contribution in [-0.4, -0.2) is 56.5 Å². The second-order valence-corrected chi connectivity index (χ2v) is 10.8. The van der Waals surface area contributed by atoms with Crippen LogP contribution in [0.5, 0.6) is 0 Å². The van der Waals surface area contributed by atoms with Crippen LogP contribution in [0.3, 0.4) is 0 Å². The molecule has 216 valence electrons. The van der Waals surface area contributed by atoms with Crippen molar-refractivity contribution in [1.82, 2.24) is 24.4 Å². The molecule has 0 spiro atoms. The molecule has 1 aromatic carbocycles. The molecule has 40 heavy (non-hydrogen) atoms. The van der Waals surface area contributed by atoms with Crippen LogP contribution >= 0.6 is 0 Å². The Balaban J connectivity index is 1.47. The fourth-order valence-corrected chi connectivity index (χ4v) is 5.99. The van der Waals surface area contributed by atoms with E-state index in [1.165, 1.54) is 12.5 Å². The highest BCUT2D eigenvalue weighted by atomic mass is 19.4. The van der Waals surface area contributed by atoms with Gasteiger partial charge in [-0.15, -0.1) is 0 Å². The van der Waals surface area contributed by atoms with Crippen molar-refractivity contribution in [2.75, 3.05) is 36.4 Å². The van der Waals surface area contributed by atoms with Crippen LogP contribution in [0.2, 0.25) is 0 Å². The number of halogens is 3. The van der Waals surface area contributed by atoms with Crippen LogP contribution in [0.1, 0.15) is 76.0 Å². The van der Waals surface area contributed by atoms with Gasteiger partial charge in [0.1, 0.15) is 0 Å². The van der Waals surface area contributed by atoms with E-state index in [1.807, 2.05) is 25.1 Å². The van der Waals surface area contributed by atoms with Gasteiger partial charge in [0.25, 0.3) is 0 Å². The Morgan fingerprint density at radius 3 is 2.58 bits per heavy atom. The average Bonchev–Trinajstić information content (AvgIpc) is 3.41. The topological polar surface area (TPSA) is 79.2 Å². The van der Waals surface area contributed by atoms with Gasteiger partial charge in [0.05, 0.1) is 17.8 Å². The number of fused-ring (bicyclic) bond motifs is 1. The van der Waals surface area contributed by atoms with Gasteiger partial charge in [0.15, 0.2) is 17.0 Å². The van der Waals surface area contributed by atoms with Gasteiger partial charge in [-0.2, -0.15) is 23.1 Å². The van der Waals surface area contributed by atoms with E-state index in [4.69, 9.17) is 9.97 Å². The van der Waals surface area contributed by atoms with Crippen molar-refractivity contribution in [3.05, 3.63) is 41.7 Å². The number of carbonyl (C=O) groups excluding carboxylic acids is 1. The number of amides is 1. The number of imidazole rings is 1. The van der Waals surface area contributed by atoms with E-state index in [-0.39, 0.29) is 18.4 Å². The molecule has 2 aromatic heterocycles. The van der Waals surface area contributed by atoms with Gasteiger partial charge in [0.2, 0.25) is 11.9 Å². The minimum Gasteiger partial charge on any atom is -0.364 e. The van der Waals surface area contributed by atoms with Gasteiger partial charge in [-0.3, -0.25) is 4.79 Å². The first kappa shape index (κ1) is 28.2. The molecule has 1 unspecified atom stereocenters. The van der Waals surface area contributed by atoms with Gasteiger partial charge >= 0.3 is 6.18 Å². The van der Waals surface area contributed by atoms with Crippen molar-refractivity contribution in [2.24, 2.45) is 5.92 Å². The number of aromatic nitrogens is 4. The predicted octanol–water partition coefficient (Wildman–Crippen LogP) is 6.05. The summed E-state index contributed by atoms with van der Waals surface area (Å²) in [4.78, 5) is 31.6. The fraction of sp³-hybridized carbons (Fsp3) is 0.586. The first-order valence-corrected chi connectivity index (χ1v) is 14.5. The van der Waals surface area contributed by atoms with E-state index in [9.17, 15) is 18.0 Å². The molecule has 1 aliphatic carbocycles. The van der Waals surface area contributed by atoms with Crippen LogP contribution in [0.4, 0.5) is 24.9 Å². The van der Waals surface area contributed by atoms with E-state index in [0.717, 1.165) is 62.8 Å². The molecule has 1 aliphatic heterocycles. The molecule has 1 saturated heterocycles. The van der Waals surface area contributed by atoms with Crippen LogP contribution < -0.4 is 10.2 Å². The maximum absolute atomic E-state index is 13.3. The number of carbonyl (C=O) groups is 1. The van der Waals surface area contributed by atoms with Gasteiger partial charge in [-0.1, -0.05) is 31.4 Å².